The number of alkyl halides is 1. The maximum Gasteiger partial charge on any atom is 0.275 e. The molecule has 7 heteroatoms. The largest absolute Gasteiger partial charge is 0.349 e. The predicted molar refractivity (Wildman–Crippen MR) is 96.5 cm³/mol. The third kappa shape index (κ3) is 3.85. The molecule has 128 valence electrons. The van der Waals surface area contributed by atoms with Crippen LogP contribution in [-0.4, -0.2) is 26.0 Å². The Kier molecular flexibility index (Phi) is 5.09. The number of benzene rings is 1. The average Bonchev–Trinajstić information content (AvgIpc) is 2.63. The van der Waals surface area contributed by atoms with Crippen molar-refractivity contribution in [1.82, 2.24) is 20.1 Å². The number of nitrogens with one attached hydrogen (secondary N) is 1. The number of hydrogen-bond donors (Lipinski definition) is 1. The van der Waals surface area contributed by atoms with E-state index in [-0.39, 0.29) is 24.6 Å². The second-order valence-electron chi connectivity index (χ2n) is 5.61. The van der Waals surface area contributed by atoms with Crippen molar-refractivity contribution in [3.8, 4) is 0 Å². The van der Waals surface area contributed by atoms with Gasteiger partial charge in [0.05, 0.1) is 29.9 Å². The Morgan fingerprint density at radius 2 is 1.92 bits per heavy atom. The van der Waals surface area contributed by atoms with Crippen molar-refractivity contribution in [1.29, 1.82) is 0 Å². The van der Waals surface area contributed by atoms with Gasteiger partial charge in [-0.15, -0.1) is 11.6 Å². The highest BCUT2D eigenvalue weighted by atomic mass is 35.5. The van der Waals surface area contributed by atoms with E-state index in [4.69, 9.17) is 11.6 Å². The van der Waals surface area contributed by atoms with Crippen LogP contribution >= 0.6 is 11.6 Å². The lowest BCUT2D eigenvalue weighted by Crippen LogP contribution is -2.32. The first-order chi connectivity index (χ1) is 12.1. The molecule has 0 aliphatic heterocycles. The summed E-state index contributed by atoms with van der Waals surface area (Å²) in [6, 6.07) is 12.7. The zero-order valence-corrected chi connectivity index (χ0v) is 14.4. The SMILES string of the molecule is CC(Cl)C(=O)NCc1nn(Cc2ccccn2)c(=O)c2ccccc12. The number of carbonyl (C=O) groups is 1. The number of halogens is 1. The minimum absolute atomic E-state index is 0.193. The molecule has 1 amide bonds. The summed E-state index contributed by atoms with van der Waals surface area (Å²) in [5.41, 5.74) is 1.15. The molecule has 2 heterocycles. The summed E-state index contributed by atoms with van der Waals surface area (Å²) in [5, 5.41) is 7.80. The van der Waals surface area contributed by atoms with Gasteiger partial charge in [-0.3, -0.25) is 14.6 Å². The second kappa shape index (κ2) is 7.44. The lowest BCUT2D eigenvalue weighted by atomic mass is 10.1. The summed E-state index contributed by atoms with van der Waals surface area (Å²) in [5.74, 6) is -0.282. The van der Waals surface area contributed by atoms with Crippen LogP contribution in [0.5, 0.6) is 0 Å². The average molecular weight is 357 g/mol. The minimum Gasteiger partial charge on any atom is -0.349 e. The molecule has 1 N–H and O–H groups in total. The van der Waals surface area contributed by atoms with E-state index in [0.717, 1.165) is 5.69 Å². The second-order valence-corrected chi connectivity index (χ2v) is 6.26. The molecule has 2 aromatic heterocycles. The first-order valence-corrected chi connectivity index (χ1v) is 8.30. The standard InChI is InChI=1S/C18H17ClN4O2/c1-12(19)17(24)21-10-16-14-7-2-3-8-15(14)18(25)23(22-16)11-13-6-4-5-9-20-13/h2-9,12H,10-11H2,1H3,(H,21,24). The minimum atomic E-state index is -0.634. The Bertz CT molecular complexity index is 954. The Balaban J connectivity index is 2.01. The van der Waals surface area contributed by atoms with E-state index >= 15 is 0 Å². The first kappa shape index (κ1) is 17.1. The Hall–Kier alpha value is -2.73. The van der Waals surface area contributed by atoms with E-state index in [2.05, 4.69) is 15.4 Å². The smallest absolute Gasteiger partial charge is 0.275 e. The number of fused-ring (bicyclic) bond motifs is 1. The molecule has 0 saturated carbocycles. The molecule has 1 unspecified atom stereocenters. The molecule has 25 heavy (non-hydrogen) atoms. The predicted octanol–water partition coefficient (Wildman–Crippen LogP) is 2.08. The van der Waals surface area contributed by atoms with E-state index in [1.54, 1.807) is 25.3 Å². The summed E-state index contributed by atoms with van der Waals surface area (Å²) in [4.78, 5) is 28.7. The molecule has 0 aliphatic rings. The fraction of sp³-hybridized carbons (Fsp3) is 0.222. The highest BCUT2D eigenvalue weighted by Crippen LogP contribution is 2.13. The van der Waals surface area contributed by atoms with Gasteiger partial charge in [0.25, 0.3) is 5.56 Å². The quantitative estimate of drug-likeness (QED) is 0.710. The van der Waals surface area contributed by atoms with Crippen LogP contribution in [0.15, 0.2) is 53.5 Å². The van der Waals surface area contributed by atoms with Crippen molar-refractivity contribution < 1.29 is 4.79 Å². The van der Waals surface area contributed by atoms with E-state index in [0.29, 0.717) is 16.5 Å². The van der Waals surface area contributed by atoms with Gasteiger partial charge < -0.3 is 5.32 Å². The molecule has 3 rings (SSSR count). The Morgan fingerprint density at radius 1 is 1.20 bits per heavy atom. The number of nitrogens with zero attached hydrogens (tertiary/aromatic N) is 3. The zero-order chi connectivity index (χ0) is 17.8. The molecule has 6 nitrogen and oxygen atoms in total. The van der Waals surface area contributed by atoms with Gasteiger partial charge in [0, 0.05) is 11.6 Å². The molecule has 0 bridgehead atoms. The highest BCUT2D eigenvalue weighted by molar-refractivity contribution is 6.30. The number of aromatic nitrogens is 3. The molecule has 0 spiro atoms. The molecule has 0 fully saturated rings. The van der Waals surface area contributed by atoms with Gasteiger partial charge in [0.15, 0.2) is 0 Å². The normalized spacial score (nSPS) is 12.1. The van der Waals surface area contributed by atoms with Crippen LogP contribution in [0.4, 0.5) is 0 Å². The van der Waals surface area contributed by atoms with Crippen molar-refractivity contribution in [3.05, 3.63) is 70.4 Å². The first-order valence-electron chi connectivity index (χ1n) is 7.86. The Morgan fingerprint density at radius 3 is 2.60 bits per heavy atom. The third-order valence-corrected chi connectivity index (χ3v) is 3.97. The van der Waals surface area contributed by atoms with Crippen LogP contribution in [0.1, 0.15) is 18.3 Å². The van der Waals surface area contributed by atoms with E-state index < -0.39 is 5.38 Å². The monoisotopic (exact) mass is 356 g/mol. The van der Waals surface area contributed by atoms with Gasteiger partial charge in [-0.1, -0.05) is 24.3 Å². The number of hydrogen-bond acceptors (Lipinski definition) is 4. The molecule has 0 saturated heterocycles. The van der Waals surface area contributed by atoms with E-state index in [1.165, 1.54) is 4.68 Å². The van der Waals surface area contributed by atoms with Crippen LogP contribution in [0.3, 0.4) is 0 Å². The molecule has 3 aromatic rings. The van der Waals surface area contributed by atoms with Crippen LogP contribution in [0.25, 0.3) is 10.8 Å². The molecule has 0 radical (unpaired) electrons. The van der Waals surface area contributed by atoms with Crippen molar-refractivity contribution in [3.63, 3.8) is 0 Å². The molecule has 1 aromatic carbocycles. The molecule has 1 atom stereocenters. The lowest BCUT2D eigenvalue weighted by Gasteiger charge is -2.12. The Labute approximate surface area is 149 Å². The third-order valence-electron chi connectivity index (χ3n) is 3.77. The van der Waals surface area contributed by atoms with Gasteiger partial charge in [-0.25, -0.2) is 4.68 Å². The number of rotatable bonds is 5. The number of pyridine rings is 1. The maximum absolute atomic E-state index is 12.7. The summed E-state index contributed by atoms with van der Waals surface area (Å²) in [7, 11) is 0. The molecule has 0 aliphatic carbocycles. The lowest BCUT2D eigenvalue weighted by molar-refractivity contribution is -0.120. The molecular formula is C18H17ClN4O2. The summed E-state index contributed by atoms with van der Waals surface area (Å²) < 4.78 is 1.37. The van der Waals surface area contributed by atoms with Crippen molar-refractivity contribution in [2.75, 3.05) is 0 Å². The molecular weight excluding hydrogens is 340 g/mol. The van der Waals surface area contributed by atoms with Crippen molar-refractivity contribution in [2.45, 2.75) is 25.4 Å². The van der Waals surface area contributed by atoms with E-state index in [1.807, 2.05) is 30.3 Å². The van der Waals surface area contributed by atoms with Crippen LogP contribution < -0.4 is 10.9 Å². The summed E-state index contributed by atoms with van der Waals surface area (Å²) in [6.45, 7) is 2.06. The maximum atomic E-state index is 12.7. The van der Waals surface area contributed by atoms with Gasteiger partial charge in [-0.2, -0.15) is 5.10 Å². The van der Waals surface area contributed by atoms with Crippen molar-refractivity contribution >= 4 is 28.3 Å². The zero-order valence-electron chi connectivity index (χ0n) is 13.6. The topological polar surface area (TPSA) is 76.9 Å². The fourth-order valence-corrected chi connectivity index (χ4v) is 2.58. The summed E-state index contributed by atoms with van der Waals surface area (Å²) in [6.07, 6.45) is 1.67. The van der Waals surface area contributed by atoms with Crippen LogP contribution in [-0.2, 0) is 17.9 Å². The van der Waals surface area contributed by atoms with Gasteiger partial charge in [-0.05, 0) is 25.1 Å². The van der Waals surface area contributed by atoms with Gasteiger partial charge >= 0.3 is 0 Å². The highest BCUT2D eigenvalue weighted by Gasteiger charge is 2.13. The van der Waals surface area contributed by atoms with Crippen LogP contribution in [0.2, 0.25) is 0 Å². The van der Waals surface area contributed by atoms with Crippen LogP contribution in [0, 0.1) is 0 Å². The van der Waals surface area contributed by atoms with Gasteiger partial charge in [0.2, 0.25) is 5.91 Å². The summed E-state index contributed by atoms with van der Waals surface area (Å²) >= 11 is 5.78. The van der Waals surface area contributed by atoms with E-state index in [9.17, 15) is 9.59 Å². The fourth-order valence-electron chi connectivity index (χ4n) is 2.50. The number of carbonyl (C=O) groups excluding carboxylic acids is 1. The number of amides is 1. The van der Waals surface area contributed by atoms with Gasteiger partial charge in [0.1, 0.15) is 5.38 Å². The van der Waals surface area contributed by atoms with Crippen molar-refractivity contribution in [2.24, 2.45) is 0 Å².